The molecule has 1 unspecified atom stereocenters. The van der Waals surface area contributed by atoms with E-state index in [2.05, 4.69) is 44.4 Å². The summed E-state index contributed by atoms with van der Waals surface area (Å²) in [6, 6.07) is 3.24. The Morgan fingerprint density at radius 2 is 2.29 bits per heavy atom. The predicted octanol–water partition coefficient (Wildman–Crippen LogP) is 3.46. The van der Waals surface area contributed by atoms with Gasteiger partial charge in [-0.25, -0.2) is 9.97 Å². The smallest absolute Gasteiger partial charge is 0.160 e. The number of pyridine rings is 1. The first-order valence-corrected chi connectivity index (χ1v) is 8.71. The fourth-order valence-electron chi connectivity index (χ4n) is 2.74. The predicted molar refractivity (Wildman–Crippen MR) is 89.9 cm³/mol. The number of hydrogen-bond acceptors (Lipinski definition) is 3. The van der Waals surface area contributed by atoms with Crippen LogP contribution in [0.3, 0.4) is 0 Å². The Morgan fingerprint density at radius 3 is 2.95 bits per heavy atom. The number of aromatic nitrogens is 3. The van der Waals surface area contributed by atoms with Gasteiger partial charge in [-0.1, -0.05) is 0 Å². The Labute approximate surface area is 138 Å². The van der Waals surface area contributed by atoms with Gasteiger partial charge < -0.3 is 4.57 Å². The van der Waals surface area contributed by atoms with Crippen molar-refractivity contribution in [3.63, 3.8) is 0 Å². The van der Waals surface area contributed by atoms with Crippen LogP contribution in [-0.2, 0) is 13.0 Å². The summed E-state index contributed by atoms with van der Waals surface area (Å²) in [5.74, 6) is 1.61. The SMILES string of the molecule is CC(Cn1c(CCCl)nc2cc(Br)cnc21)N(C)C1CC1. The van der Waals surface area contributed by atoms with Crippen molar-refractivity contribution in [2.45, 2.75) is 44.8 Å². The zero-order chi connectivity index (χ0) is 15.0. The summed E-state index contributed by atoms with van der Waals surface area (Å²) in [7, 11) is 2.21. The second kappa shape index (κ2) is 6.23. The molecule has 114 valence electrons. The van der Waals surface area contributed by atoms with Crippen molar-refractivity contribution < 1.29 is 0 Å². The molecule has 0 amide bonds. The van der Waals surface area contributed by atoms with Gasteiger partial charge in [0.1, 0.15) is 11.3 Å². The average molecular weight is 372 g/mol. The van der Waals surface area contributed by atoms with E-state index in [0.29, 0.717) is 11.9 Å². The molecular weight excluding hydrogens is 352 g/mol. The molecule has 1 atom stereocenters. The summed E-state index contributed by atoms with van der Waals surface area (Å²) >= 11 is 9.39. The molecule has 1 aliphatic carbocycles. The average Bonchev–Trinajstić information content (AvgIpc) is 3.24. The van der Waals surface area contributed by atoms with Gasteiger partial charge in [0.2, 0.25) is 0 Å². The van der Waals surface area contributed by atoms with E-state index in [9.17, 15) is 0 Å². The molecular formula is C15H20BrClN4. The lowest BCUT2D eigenvalue weighted by atomic mass is 10.2. The molecule has 2 heterocycles. The van der Waals surface area contributed by atoms with E-state index in [1.807, 2.05) is 12.3 Å². The summed E-state index contributed by atoms with van der Waals surface area (Å²) in [4.78, 5) is 11.7. The van der Waals surface area contributed by atoms with Crippen LogP contribution in [0.5, 0.6) is 0 Å². The molecule has 0 spiro atoms. The number of hydrogen-bond donors (Lipinski definition) is 0. The van der Waals surface area contributed by atoms with E-state index < -0.39 is 0 Å². The number of rotatable bonds is 6. The Balaban J connectivity index is 1.92. The summed E-state index contributed by atoms with van der Waals surface area (Å²) < 4.78 is 3.19. The Morgan fingerprint density at radius 1 is 1.52 bits per heavy atom. The minimum atomic E-state index is 0.467. The lowest BCUT2D eigenvalue weighted by Gasteiger charge is -2.25. The minimum absolute atomic E-state index is 0.467. The summed E-state index contributed by atoms with van der Waals surface area (Å²) in [6.45, 7) is 3.18. The van der Waals surface area contributed by atoms with Crippen LogP contribution in [0.4, 0.5) is 0 Å². The van der Waals surface area contributed by atoms with Crippen LogP contribution >= 0.6 is 27.5 Å². The summed E-state index contributed by atoms with van der Waals surface area (Å²) in [5.41, 5.74) is 1.89. The highest BCUT2D eigenvalue weighted by Crippen LogP contribution is 2.28. The van der Waals surface area contributed by atoms with Crippen molar-refractivity contribution in [3.05, 3.63) is 22.6 Å². The lowest BCUT2D eigenvalue weighted by molar-refractivity contribution is 0.225. The van der Waals surface area contributed by atoms with Crippen LogP contribution in [0.1, 0.15) is 25.6 Å². The number of aryl methyl sites for hydroxylation is 1. The number of halogens is 2. The van der Waals surface area contributed by atoms with Crippen molar-refractivity contribution in [1.29, 1.82) is 0 Å². The number of imidazole rings is 1. The maximum absolute atomic E-state index is 5.93. The van der Waals surface area contributed by atoms with Crippen molar-refractivity contribution in [2.75, 3.05) is 12.9 Å². The van der Waals surface area contributed by atoms with Crippen LogP contribution in [0.25, 0.3) is 11.2 Å². The zero-order valence-electron chi connectivity index (χ0n) is 12.4. The quantitative estimate of drug-likeness (QED) is 0.729. The highest BCUT2D eigenvalue weighted by Gasteiger charge is 2.29. The molecule has 2 aromatic heterocycles. The minimum Gasteiger partial charge on any atom is -0.311 e. The van der Waals surface area contributed by atoms with E-state index >= 15 is 0 Å². The zero-order valence-corrected chi connectivity index (χ0v) is 14.7. The molecule has 0 aliphatic heterocycles. The Kier molecular flexibility index (Phi) is 4.52. The molecule has 0 aromatic carbocycles. The summed E-state index contributed by atoms with van der Waals surface area (Å²) in [6.07, 6.45) is 5.26. The van der Waals surface area contributed by atoms with Gasteiger partial charge in [-0.3, -0.25) is 4.90 Å². The molecule has 6 heteroatoms. The fraction of sp³-hybridized carbons (Fsp3) is 0.600. The van der Waals surface area contributed by atoms with Crippen molar-refractivity contribution >= 4 is 38.7 Å². The normalized spacial score (nSPS) is 16.8. The van der Waals surface area contributed by atoms with Gasteiger partial charge in [-0.2, -0.15) is 0 Å². The molecule has 1 aliphatic rings. The second-order valence-corrected chi connectivity index (χ2v) is 7.11. The van der Waals surface area contributed by atoms with Crippen LogP contribution in [0.2, 0.25) is 0 Å². The van der Waals surface area contributed by atoms with Gasteiger partial charge in [-0.15, -0.1) is 11.6 Å². The Hall–Kier alpha value is -0.650. The molecule has 3 rings (SSSR count). The molecule has 0 N–H and O–H groups in total. The molecule has 2 aromatic rings. The molecule has 21 heavy (non-hydrogen) atoms. The van der Waals surface area contributed by atoms with Gasteiger partial charge in [0.05, 0.1) is 0 Å². The van der Waals surface area contributed by atoms with Gasteiger partial charge in [-0.05, 0) is 48.8 Å². The van der Waals surface area contributed by atoms with E-state index in [1.54, 1.807) is 0 Å². The monoisotopic (exact) mass is 370 g/mol. The number of nitrogens with zero attached hydrogens (tertiary/aromatic N) is 4. The third-order valence-electron chi connectivity index (χ3n) is 4.21. The van der Waals surface area contributed by atoms with Crippen molar-refractivity contribution in [2.24, 2.45) is 0 Å². The van der Waals surface area contributed by atoms with Gasteiger partial charge in [0, 0.05) is 41.6 Å². The number of likely N-dealkylation sites (N-methyl/N-ethyl adjacent to an activating group) is 1. The highest BCUT2D eigenvalue weighted by molar-refractivity contribution is 9.10. The van der Waals surface area contributed by atoms with Crippen LogP contribution in [0.15, 0.2) is 16.7 Å². The first kappa shape index (κ1) is 15.3. The molecule has 1 saturated carbocycles. The molecule has 0 bridgehead atoms. The van der Waals surface area contributed by atoms with E-state index in [-0.39, 0.29) is 0 Å². The summed E-state index contributed by atoms with van der Waals surface area (Å²) in [5, 5.41) is 0. The third kappa shape index (κ3) is 3.25. The number of alkyl halides is 1. The first-order valence-electron chi connectivity index (χ1n) is 7.38. The standard InChI is InChI=1S/C15H20BrClN4/c1-10(20(2)12-3-4-12)9-21-14(5-6-17)19-13-7-11(16)8-18-15(13)21/h7-8,10,12H,3-6,9H2,1-2H3. The first-order chi connectivity index (χ1) is 10.1. The van der Waals surface area contributed by atoms with Gasteiger partial charge in [0.15, 0.2) is 5.65 Å². The van der Waals surface area contributed by atoms with Crippen LogP contribution in [-0.4, -0.2) is 44.4 Å². The van der Waals surface area contributed by atoms with Gasteiger partial charge in [0.25, 0.3) is 0 Å². The maximum atomic E-state index is 5.93. The van der Waals surface area contributed by atoms with Crippen LogP contribution < -0.4 is 0 Å². The molecule has 4 nitrogen and oxygen atoms in total. The fourth-order valence-corrected chi connectivity index (χ4v) is 3.22. The van der Waals surface area contributed by atoms with Crippen molar-refractivity contribution in [3.8, 4) is 0 Å². The molecule has 1 fully saturated rings. The van der Waals surface area contributed by atoms with Gasteiger partial charge >= 0.3 is 0 Å². The lowest BCUT2D eigenvalue weighted by Crippen LogP contribution is -2.35. The van der Waals surface area contributed by atoms with Crippen LogP contribution in [0, 0.1) is 0 Å². The third-order valence-corrected chi connectivity index (χ3v) is 4.84. The molecule has 0 radical (unpaired) electrons. The van der Waals surface area contributed by atoms with E-state index in [4.69, 9.17) is 16.6 Å². The number of fused-ring (bicyclic) bond motifs is 1. The van der Waals surface area contributed by atoms with E-state index in [0.717, 1.165) is 40.5 Å². The largest absolute Gasteiger partial charge is 0.311 e. The molecule has 0 saturated heterocycles. The van der Waals surface area contributed by atoms with E-state index in [1.165, 1.54) is 12.8 Å². The second-order valence-electron chi connectivity index (χ2n) is 5.82. The van der Waals surface area contributed by atoms with Crippen molar-refractivity contribution in [1.82, 2.24) is 19.4 Å². The topological polar surface area (TPSA) is 34.0 Å². The highest BCUT2D eigenvalue weighted by atomic mass is 79.9. The maximum Gasteiger partial charge on any atom is 0.160 e. The Bertz CT molecular complexity index is 638.